The Balaban J connectivity index is 1.51. The molecule has 1 aliphatic heterocycles. The normalized spacial score (nSPS) is 12.7. The number of aryl methyl sites for hydroxylation is 1. The fraction of sp³-hybridized carbons (Fsp3) is 0.222. The molecule has 25 heavy (non-hydrogen) atoms. The van der Waals surface area contributed by atoms with Gasteiger partial charge in [-0.3, -0.25) is 4.79 Å². The van der Waals surface area contributed by atoms with E-state index in [1.165, 1.54) is 0 Å². The highest BCUT2D eigenvalue weighted by Crippen LogP contribution is 2.32. The lowest BCUT2D eigenvalue weighted by atomic mass is 10.1. The summed E-state index contributed by atoms with van der Waals surface area (Å²) in [5.74, 6) is 0.532. The molecule has 1 amide bonds. The molecule has 0 aliphatic carbocycles. The van der Waals surface area contributed by atoms with E-state index >= 15 is 0 Å². The lowest BCUT2D eigenvalue weighted by molar-refractivity contribution is -0.115. The fourth-order valence-electron chi connectivity index (χ4n) is 2.90. The number of para-hydroxylation sites is 1. The van der Waals surface area contributed by atoms with Crippen LogP contribution >= 0.6 is 0 Å². The summed E-state index contributed by atoms with van der Waals surface area (Å²) in [4.78, 5) is 25.1. The first-order valence-electron chi connectivity index (χ1n) is 8.24. The minimum absolute atomic E-state index is 0.0455. The van der Waals surface area contributed by atoms with Gasteiger partial charge in [0, 0.05) is 42.8 Å². The molecule has 0 bridgehead atoms. The van der Waals surface area contributed by atoms with Crippen molar-refractivity contribution in [3.05, 3.63) is 54.7 Å². The third-order valence-electron chi connectivity index (χ3n) is 4.11. The molecule has 1 aliphatic rings. The van der Waals surface area contributed by atoms with Crippen LogP contribution in [-0.4, -0.2) is 32.0 Å². The van der Waals surface area contributed by atoms with Crippen LogP contribution in [0.2, 0.25) is 0 Å². The summed E-state index contributed by atoms with van der Waals surface area (Å²) in [6, 6.07) is 7.71. The summed E-state index contributed by atoms with van der Waals surface area (Å²) >= 11 is 0. The third-order valence-corrected chi connectivity index (χ3v) is 4.11. The van der Waals surface area contributed by atoms with E-state index in [4.69, 9.17) is 0 Å². The number of rotatable bonds is 5. The first-order valence-corrected chi connectivity index (χ1v) is 8.24. The zero-order valence-corrected chi connectivity index (χ0v) is 13.6. The van der Waals surface area contributed by atoms with Crippen LogP contribution in [-0.2, 0) is 17.8 Å². The quantitative estimate of drug-likeness (QED) is 0.700. The van der Waals surface area contributed by atoms with Gasteiger partial charge < -0.3 is 15.2 Å². The molecular formula is C18H18N6O. The minimum Gasteiger partial charge on any atom is -0.354 e. The second-order valence-corrected chi connectivity index (χ2v) is 5.92. The molecule has 2 N–H and O–H groups in total. The second-order valence-electron chi connectivity index (χ2n) is 5.92. The zero-order chi connectivity index (χ0) is 17.1. The van der Waals surface area contributed by atoms with E-state index in [2.05, 4.69) is 25.6 Å². The highest BCUT2D eigenvalue weighted by atomic mass is 16.1. The monoisotopic (exact) mass is 334 g/mol. The van der Waals surface area contributed by atoms with Crippen LogP contribution in [0.15, 0.2) is 49.2 Å². The lowest BCUT2D eigenvalue weighted by Gasteiger charge is -2.10. The van der Waals surface area contributed by atoms with Crippen LogP contribution in [0, 0.1) is 0 Å². The number of anilines is 2. The molecule has 0 unspecified atom stereocenters. The van der Waals surface area contributed by atoms with Gasteiger partial charge in [-0.25, -0.2) is 15.0 Å². The number of nitrogens with zero attached hydrogens (tertiary/aromatic N) is 4. The Labute approximate surface area is 145 Å². The molecule has 0 saturated heterocycles. The second kappa shape index (κ2) is 6.72. The average Bonchev–Trinajstić information content (AvgIpc) is 3.09. The predicted molar refractivity (Wildman–Crippen MR) is 95.1 cm³/mol. The van der Waals surface area contributed by atoms with E-state index in [1.807, 2.05) is 35.0 Å². The summed E-state index contributed by atoms with van der Waals surface area (Å²) in [6.45, 7) is 1.65. The number of nitrogens with one attached hydrogen (secondary N) is 2. The Hall–Kier alpha value is -3.22. The summed E-state index contributed by atoms with van der Waals surface area (Å²) in [6.07, 6.45) is 8.48. The maximum atomic E-state index is 12.0. The molecule has 3 heterocycles. The highest BCUT2D eigenvalue weighted by Gasteiger charge is 2.20. The number of hydrogen-bond donors (Lipinski definition) is 2. The number of aromatic nitrogens is 4. The van der Waals surface area contributed by atoms with Crippen molar-refractivity contribution in [3.63, 3.8) is 0 Å². The molecule has 1 aromatic carbocycles. The van der Waals surface area contributed by atoms with Crippen molar-refractivity contribution in [2.45, 2.75) is 19.4 Å². The standard InChI is InChI=1S/C18H18N6O/c25-16-10-13-11-21-18(20-6-3-8-24-9-7-19-12-24)23-17(13)14-4-1-2-5-15(14)22-16/h1-2,4-5,7,9,11-12H,3,6,8,10H2,(H,22,25)(H,20,21,23). The Bertz CT molecular complexity index is 890. The van der Waals surface area contributed by atoms with Gasteiger partial charge in [-0.05, 0) is 12.5 Å². The molecule has 0 atom stereocenters. The Kier molecular flexibility index (Phi) is 4.12. The molecule has 7 nitrogen and oxygen atoms in total. The van der Waals surface area contributed by atoms with Gasteiger partial charge >= 0.3 is 0 Å². The number of benzene rings is 1. The van der Waals surface area contributed by atoms with Crippen LogP contribution < -0.4 is 10.6 Å². The minimum atomic E-state index is -0.0455. The van der Waals surface area contributed by atoms with Crippen LogP contribution in [0.5, 0.6) is 0 Å². The first-order chi connectivity index (χ1) is 12.3. The largest absolute Gasteiger partial charge is 0.354 e. The maximum Gasteiger partial charge on any atom is 0.228 e. The van der Waals surface area contributed by atoms with Crippen molar-refractivity contribution in [1.82, 2.24) is 19.5 Å². The predicted octanol–water partition coefficient (Wildman–Crippen LogP) is 2.34. The van der Waals surface area contributed by atoms with Crippen LogP contribution in [0.3, 0.4) is 0 Å². The van der Waals surface area contributed by atoms with Crippen molar-refractivity contribution in [2.24, 2.45) is 0 Å². The Morgan fingerprint density at radius 3 is 3.08 bits per heavy atom. The molecule has 0 fully saturated rings. The SMILES string of the molecule is O=C1Cc2cnc(NCCCn3ccnc3)nc2-c2ccccc2N1. The Morgan fingerprint density at radius 1 is 1.28 bits per heavy atom. The smallest absolute Gasteiger partial charge is 0.228 e. The number of amides is 1. The Morgan fingerprint density at radius 2 is 2.20 bits per heavy atom. The van der Waals surface area contributed by atoms with E-state index in [-0.39, 0.29) is 12.3 Å². The first kappa shape index (κ1) is 15.3. The number of fused-ring (bicyclic) bond motifs is 3. The van der Waals surface area contributed by atoms with E-state index < -0.39 is 0 Å². The van der Waals surface area contributed by atoms with Crippen molar-refractivity contribution in [1.29, 1.82) is 0 Å². The number of hydrogen-bond acceptors (Lipinski definition) is 5. The van der Waals surface area contributed by atoms with Crippen LogP contribution in [0.1, 0.15) is 12.0 Å². The molecular weight excluding hydrogens is 316 g/mol. The van der Waals surface area contributed by atoms with Gasteiger partial charge in [-0.15, -0.1) is 0 Å². The number of carbonyl (C=O) groups excluding carboxylic acids is 1. The van der Waals surface area contributed by atoms with Gasteiger partial charge in [0.15, 0.2) is 0 Å². The summed E-state index contributed by atoms with van der Waals surface area (Å²) < 4.78 is 2.03. The fourth-order valence-corrected chi connectivity index (χ4v) is 2.90. The van der Waals surface area contributed by atoms with E-state index in [9.17, 15) is 4.79 Å². The summed E-state index contributed by atoms with van der Waals surface area (Å²) in [5, 5.41) is 6.18. The molecule has 0 saturated carbocycles. The number of carbonyl (C=O) groups is 1. The number of imidazole rings is 1. The molecule has 0 radical (unpaired) electrons. The van der Waals surface area contributed by atoms with Crippen molar-refractivity contribution in [2.75, 3.05) is 17.2 Å². The van der Waals surface area contributed by atoms with E-state index in [0.717, 1.165) is 42.0 Å². The van der Waals surface area contributed by atoms with E-state index in [0.29, 0.717) is 5.95 Å². The zero-order valence-electron chi connectivity index (χ0n) is 13.6. The van der Waals surface area contributed by atoms with Gasteiger partial charge in [0.25, 0.3) is 0 Å². The van der Waals surface area contributed by atoms with Gasteiger partial charge in [0.2, 0.25) is 11.9 Å². The molecule has 3 aromatic rings. The maximum absolute atomic E-state index is 12.0. The van der Waals surface area contributed by atoms with Gasteiger partial charge in [-0.2, -0.15) is 0 Å². The van der Waals surface area contributed by atoms with Crippen molar-refractivity contribution < 1.29 is 4.79 Å². The average molecular weight is 334 g/mol. The van der Waals surface area contributed by atoms with Crippen LogP contribution in [0.25, 0.3) is 11.3 Å². The molecule has 126 valence electrons. The molecule has 7 heteroatoms. The van der Waals surface area contributed by atoms with Crippen molar-refractivity contribution in [3.8, 4) is 11.3 Å². The molecule has 2 aromatic heterocycles. The van der Waals surface area contributed by atoms with Crippen molar-refractivity contribution >= 4 is 17.5 Å². The summed E-state index contributed by atoms with van der Waals surface area (Å²) in [7, 11) is 0. The van der Waals surface area contributed by atoms with Gasteiger partial charge in [-0.1, -0.05) is 18.2 Å². The molecule has 4 rings (SSSR count). The summed E-state index contributed by atoms with van der Waals surface area (Å²) in [5.41, 5.74) is 3.36. The third kappa shape index (κ3) is 3.35. The topological polar surface area (TPSA) is 84.7 Å². The van der Waals surface area contributed by atoms with Crippen LogP contribution in [0.4, 0.5) is 11.6 Å². The van der Waals surface area contributed by atoms with E-state index in [1.54, 1.807) is 18.7 Å². The van der Waals surface area contributed by atoms with Gasteiger partial charge in [0.1, 0.15) is 0 Å². The van der Waals surface area contributed by atoms with Gasteiger partial charge in [0.05, 0.1) is 24.1 Å². The lowest BCUT2D eigenvalue weighted by Crippen LogP contribution is -2.13. The molecule has 0 spiro atoms. The highest BCUT2D eigenvalue weighted by molar-refractivity contribution is 5.99.